The predicted molar refractivity (Wildman–Crippen MR) is 76.1 cm³/mol. The maximum absolute atomic E-state index is 11.5. The van der Waals surface area contributed by atoms with Crippen molar-refractivity contribution in [2.24, 2.45) is 0 Å². The van der Waals surface area contributed by atoms with E-state index < -0.39 is 0 Å². The van der Waals surface area contributed by atoms with Crippen molar-refractivity contribution in [3.8, 4) is 0 Å². The second-order valence-corrected chi connectivity index (χ2v) is 4.75. The summed E-state index contributed by atoms with van der Waals surface area (Å²) in [5.41, 5.74) is 3.44. The SMILES string of the molecule is CCCC(=O)CNC(=O)NCc1ccc(C)cc1C. The fourth-order valence-electron chi connectivity index (χ4n) is 1.83. The van der Waals surface area contributed by atoms with Gasteiger partial charge in [0.05, 0.1) is 6.54 Å². The third-order valence-electron chi connectivity index (χ3n) is 2.91. The molecule has 1 rings (SSSR count). The van der Waals surface area contributed by atoms with Gasteiger partial charge < -0.3 is 10.6 Å². The van der Waals surface area contributed by atoms with Gasteiger partial charge in [-0.25, -0.2) is 4.79 Å². The van der Waals surface area contributed by atoms with Gasteiger partial charge in [0.1, 0.15) is 0 Å². The van der Waals surface area contributed by atoms with Crippen LogP contribution in [0.25, 0.3) is 0 Å². The first-order valence-electron chi connectivity index (χ1n) is 6.62. The number of carbonyl (C=O) groups is 2. The lowest BCUT2D eigenvalue weighted by molar-refractivity contribution is -0.118. The maximum atomic E-state index is 11.5. The van der Waals surface area contributed by atoms with Crippen LogP contribution in [-0.2, 0) is 11.3 Å². The summed E-state index contributed by atoms with van der Waals surface area (Å²) >= 11 is 0. The van der Waals surface area contributed by atoms with Crippen molar-refractivity contribution in [3.05, 3.63) is 34.9 Å². The summed E-state index contributed by atoms with van der Waals surface area (Å²) in [5.74, 6) is 0.0594. The van der Waals surface area contributed by atoms with Crippen LogP contribution in [0.1, 0.15) is 36.5 Å². The topological polar surface area (TPSA) is 58.2 Å². The van der Waals surface area contributed by atoms with Crippen molar-refractivity contribution in [2.75, 3.05) is 6.54 Å². The van der Waals surface area contributed by atoms with Crippen molar-refractivity contribution < 1.29 is 9.59 Å². The number of hydrogen-bond donors (Lipinski definition) is 2. The van der Waals surface area contributed by atoms with Crippen LogP contribution in [-0.4, -0.2) is 18.4 Å². The molecule has 0 saturated heterocycles. The molecule has 0 saturated carbocycles. The highest BCUT2D eigenvalue weighted by Crippen LogP contribution is 2.09. The first-order chi connectivity index (χ1) is 9.02. The Morgan fingerprint density at radius 1 is 1.16 bits per heavy atom. The number of amides is 2. The normalized spacial score (nSPS) is 10.1. The third-order valence-corrected chi connectivity index (χ3v) is 2.91. The molecule has 0 spiro atoms. The second kappa shape index (κ2) is 7.56. The summed E-state index contributed by atoms with van der Waals surface area (Å²) in [7, 11) is 0. The van der Waals surface area contributed by atoms with Crippen molar-refractivity contribution in [1.82, 2.24) is 10.6 Å². The molecule has 1 aromatic carbocycles. The minimum atomic E-state index is -0.301. The summed E-state index contributed by atoms with van der Waals surface area (Å²) in [6.07, 6.45) is 1.32. The quantitative estimate of drug-likeness (QED) is 0.827. The molecule has 0 bridgehead atoms. The van der Waals surface area contributed by atoms with Gasteiger partial charge in [0, 0.05) is 13.0 Å². The second-order valence-electron chi connectivity index (χ2n) is 4.75. The van der Waals surface area contributed by atoms with E-state index in [-0.39, 0.29) is 18.4 Å². The molecule has 104 valence electrons. The number of aryl methyl sites for hydroxylation is 2. The van der Waals surface area contributed by atoms with Crippen molar-refractivity contribution in [3.63, 3.8) is 0 Å². The average Bonchev–Trinajstić information content (AvgIpc) is 2.35. The summed E-state index contributed by atoms with van der Waals surface area (Å²) in [4.78, 5) is 22.8. The Balaban J connectivity index is 2.36. The van der Waals surface area contributed by atoms with Crippen molar-refractivity contribution in [2.45, 2.75) is 40.2 Å². The summed E-state index contributed by atoms with van der Waals surface area (Å²) in [6, 6.07) is 5.81. The Hall–Kier alpha value is -1.84. The third kappa shape index (κ3) is 5.55. The van der Waals surface area contributed by atoms with E-state index in [4.69, 9.17) is 0 Å². The van der Waals surface area contributed by atoms with E-state index in [1.807, 2.05) is 32.9 Å². The first-order valence-corrected chi connectivity index (χ1v) is 6.62. The van der Waals surface area contributed by atoms with Crippen LogP contribution in [0.5, 0.6) is 0 Å². The minimum absolute atomic E-state index is 0.0594. The molecule has 19 heavy (non-hydrogen) atoms. The Bertz CT molecular complexity index is 455. The van der Waals surface area contributed by atoms with Crippen molar-refractivity contribution in [1.29, 1.82) is 0 Å². The molecule has 0 fully saturated rings. The highest BCUT2D eigenvalue weighted by molar-refractivity contribution is 5.85. The van der Waals surface area contributed by atoms with Crippen LogP contribution < -0.4 is 10.6 Å². The standard InChI is InChI=1S/C15H22N2O2/c1-4-5-14(18)10-17-15(19)16-9-13-7-6-11(2)8-12(13)3/h6-8H,4-5,9-10H2,1-3H3,(H2,16,17,19). The summed E-state index contributed by atoms with van der Waals surface area (Å²) in [6.45, 7) is 6.58. The molecule has 1 aromatic rings. The van der Waals surface area contributed by atoms with Crippen molar-refractivity contribution >= 4 is 11.8 Å². The Morgan fingerprint density at radius 3 is 2.53 bits per heavy atom. The molecule has 0 aliphatic rings. The minimum Gasteiger partial charge on any atom is -0.334 e. The lowest BCUT2D eigenvalue weighted by Crippen LogP contribution is -2.38. The van der Waals surface area contributed by atoms with E-state index in [1.165, 1.54) is 5.56 Å². The highest BCUT2D eigenvalue weighted by Gasteiger charge is 2.05. The van der Waals surface area contributed by atoms with Crippen LogP contribution in [0.15, 0.2) is 18.2 Å². The maximum Gasteiger partial charge on any atom is 0.315 e. The molecule has 4 heteroatoms. The number of rotatable bonds is 6. The smallest absolute Gasteiger partial charge is 0.315 e. The molecule has 0 aliphatic heterocycles. The lowest BCUT2D eigenvalue weighted by Gasteiger charge is -2.09. The van der Waals surface area contributed by atoms with Crippen LogP contribution in [0, 0.1) is 13.8 Å². The molecule has 0 aliphatic carbocycles. The van der Waals surface area contributed by atoms with Gasteiger partial charge in [-0.2, -0.15) is 0 Å². The molecular weight excluding hydrogens is 240 g/mol. The number of Topliss-reactive ketones (excluding diaryl/α,β-unsaturated/α-hetero) is 1. The Kier molecular flexibility index (Phi) is 6.06. The molecule has 0 heterocycles. The summed E-state index contributed by atoms with van der Waals surface area (Å²) < 4.78 is 0. The number of hydrogen-bond acceptors (Lipinski definition) is 2. The molecule has 4 nitrogen and oxygen atoms in total. The molecule has 2 N–H and O–H groups in total. The highest BCUT2D eigenvalue weighted by atomic mass is 16.2. The van der Waals surface area contributed by atoms with Crippen LogP contribution in [0.4, 0.5) is 4.79 Å². The van der Waals surface area contributed by atoms with Gasteiger partial charge in [0.15, 0.2) is 5.78 Å². The Labute approximate surface area is 114 Å². The Morgan fingerprint density at radius 2 is 1.89 bits per heavy atom. The largest absolute Gasteiger partial charge is 0.334 e. The fraction of sp³-hybridized carbons (Fsp3) is 0.467. The van der Waals surface area contributed by atoms with E-state index >= 15 is 0 Å². The van der Waals surface area contributed by atoms with Gasteiger partial charge in [0.2, 0.25) is 0 Å². The van der Waals surface area contributed by atoms with E-state index in [0.29, 0.717) is 13.0 Å². The van der Waals surface area contributed by atoms with Gasteiger partial charge in [-0.3, -0.25) is 4.79 Å². The molecule has 0 atom stereocenters. The number of benzene rings is 1. The first kappa shape index (κ1) is 15.2. The van der Waals surface area contributed by atoms with Gasteiger partial charge in [-0.15, -0.1) is 0 Å². The zero-order valence-electron chi connectivity index (χ0n) is 11.9. The predicted octanol–water partition coefficient (Wildman–Crippen LogP) is 2.47. The van der Waals surface area contributed by atoms with E-state index in [0.717, 1.165) is 17.5 Å². The fourth-order valence-corrected chi connectivity index (χ4v) is 1.83. The molecular formula is C15H22N2O2. The monoisotopic (exact) mass is 262 g/mol. The van der Waals surface area contributed by atoms with E-state index in [1.54, 1.807) is 0 Å². The average molecular weight is 262 g/mol. The van der Waals surface area contributed by atoms with E-state index in [9.17, 15) is 9.59 Å². The number of nitrogens with one attached hydrogen (secondary N) is 2. The van der Waals surface area contributed by atoms with Gasteiger partial charge in [0.25, 0.3) is 0 Å². The molecule has 0 radical (unpaired) electrons. The lowest BCUT2D eigenvalue weighted by atomic mass is 10.1. The zero-order valence-corrected chi connectivity index (χ0v) is 11.9. The van der Waals surface area contributed by atoms with Gasteiger partial charge >= 0.3 is 6.03 Å². The zero-order chi connectivity index (χ0) is 14.3. The van der Waals surface area contributed by atoms with Crippen LogP contribution >= 0.6 is 0 Å². The number of carbonyl (C=O) groups excluding carboxylic acids is 2. The number of urea groups is 1. The van der Waals surface area contributed by atoms with Crippen LogP contribution in [0.3, 0.4) is 0 Å². The summed E-state index contributed by atoms with van der Waals surface area (Å²) in [5, 5.41) is 5.32. The molecule has 0 unspecified atom stereocenters. The number of ketones is 1. The van der Waals surface area contributed by atoms with Crippen LogP contribution in [0.2, 0.25) is 0 Å². The molecule has 0 aromatic heterocycles. The molecule has 2 amide bonds. The van der Waals surface area contributed by atoms with Gasteiger partial charge in [-0.1, -0.05) is 30.7 Å². The van der Waals surface area contributed by atoms with Gasteiger partial charge in [-0.05, 0) is 31.4 Å². The van der Waals surface area contributed by atoms with E-state index in [2.05, 4.69) is 16.7 Å².